The van der Waals surface area contributed by atoms with Gasteiger partial charge in [0.05, 0.1) is 24.4 Å². The van der Waals surface area contributed by atoms with Crippen molar-refractivity contribution in [3.8, 4) is 11.5 Å². The van der Waals surface area contributed by atoms with Crippen LogP contribution in [0.4, 0.5) is 0 Å². The van der Waals surface area contributed by atoms with Crippen LogP contribution in [0, 0.1) is 23.7 Å². The number of amides is 2. The number of hydrogen-bond donors (Lipinski definition) is 1. The maximum absolute atomic E-state index is 15.0. The lowest BCUT2D eigenvalue weighted by molar-refractivity contribution is -0.140. The van der Waals surface area contributed by atoms with Crippen molar-refractivity contribution >= 4 is 29.0 Å². The molecule has 3 aromatic rings. The lowest BCUT2D eigenvalue weighted by Gasteiger charge is -2.55. The molecular formula is C37H33NO6. The van der Waals surface area contributed by atoms with Crippen LogP contribution in [0.5, 0.6) is 11.5 Å². The van der Waals surface area contributed by atoms with Gasteiger partial charge in [-0.1, -0.05) is 78.4 Å². The maximum atomic E-state index is 15.0. The normalized spacial score (nSPS) is 29.4. The van der Waals surface area contributed by atoms with E-state index in [-0.39, 0.29) is 42.1 Å². The van der Waals surface area contributed by atoms with E-state index < -0.39 is 35.0 Å². The predicted octanol–water partition coefficient (Wildman–Crippen LogP) is 5.25. The summed E-state index contributed by atoms with van der Waals surface area (Å²) in [5.41, 5.74) is 1.42. The second kappa shape index (κ2) is 10.4. The molecule has 1 aliphatic heterocycles. The molecule has 3 aromatic carbocycles. The Bertz CT molecular complexity index is 1760. The Hall–Kier alpha value is -4.78. The van der Waals surface area contributed by atoms with Gasteiger partial charge >= 0.3 is 0 Å². The number of aromatic hydroxyl groups is 1. The molecule has 7 heteroatoms. The molecule has 0 bridgehead atoms. The van der Waals surface area contributed by atoms with Crippen LogP contribution in [-0.2, 0) is 24.6 Å². The number of imide groups is 1. The maximum Gasteiger partial charge on any atom is 0.233 e. The fourth-order valence-electron chi connectivity index (χ4n) is 8.57. The SMILES string of the molecule is CCN1C(=O)[C@H]2[C@H](CC=C3[C@H]2C[C@H]2C(=O)C(c4ccccc4)=CC(=O)[C@@]2(c2ccccc2)[C@H]3c2c(O)cccc2OC)C1=O. The van der Waals surface area contributed by atoms with Crippen molar-refractivity contribution in [2.75, 3.05) is 13.7 Å². The molecule has 1 saturated heterocycles. The van der Waals surface area contributed by atoms with E-state index in [2.05, 4.69) is 0 Å². The number of nitrogens with zero attached hydrogens (tertiary/aromatic N) is 1. The zero-order valence-corrected chi connectivity index (χ0v) is 24.6. The number of Topliss-reactive ketones (excluding diaryl/α,β-unsaturated/α-hetero) is 1. The van der Waals surface area contributed by atoms with E-state index in [1.54, 1.807) is 25.1 Å². The molecule has 3 aliphatic carbocycles. The first-order valence-corrected chi connectivity index (χ1v) is 15.2. The monoisotopic (exact) mass is 587 g/mol. The molecule has 1 heterocycles. The Morgan fingerprint density at radius 3 is 2.27 bits per heavy atom. The van der Waals surface area contributed by atoms with Gasteiger partial charge in [-0.25, -0.2) is 0 Å². The van der Waals surface area contributed by atoms with Crippen molar-refractivity contribution in [2.45, 2.75) is 31.1 Å². The first-order valence-electron chi connectivity index (χ1n) is 15.2. The average molecular weight is 588 g/mol. The van der Waals surface area contributed by atoms with Gasteiger partial charge < -0.3 is 9.84 Å². The van der Waals surface area contributed by atoms with E-state index in [1.165, 1.54) is 18.1 Å². The Balaban J connectivity index is 1.55. The van der Waals surface area contributed by atoms with Gasteiger partial charge in [0.25, 0.3) is 0 Å². The van der Waals surface area contributed by atoms with E-state index in [0.717, 1.165) is 5.57 Å². The summed E-state index contributed by atoms with van der Waals surface area (Å²) in [4.78, 5) is 58.4. The second-order valence-electron chi connectivity index (χ2n) is 12.1. The van der Waals surface area contributed by atoms with Crippen molar-refractivity contribution in [1.82, 2.24) is 4.90 Å². The Morgan fingerprint density at radius 1 is 0.886 bits per heavy atom. The molecule has 6 atom stereocenters. The van der Waals surface area contributed by atoms with Gasteiger partial charge in [-0.2, -0.15) is 0 Å². The molecule has 222 valence electrons. The summed E-state index contributed by atoms with van der Waals surface area (Å²) >= 11 is 0. The molecule has 44 heavy (non-hydrogen) atoms. The van der Waals surface area contributed by atoms with Crippen LogP contribution >= 0.6 is 0 Å². The summed E-state index contributed by atoms with van der Waals surface area (Å²) in [6.45, 7) is 2.07. The number of hydrogen-bond acceptors (Lipinski definition) is 6. The number of carbonyl (C=O) groups is 4. The van der Waals surface area contributed by atoms with Gasteiger partial charge in [0, 0.05) is 29.5 Å². The van der Waals surface area contributed by atoms with Crippen molar-refractivity contribution in [1.29, 1.82) is 0 Å². The molecule has 2 amide bonds. The van der Waals surface area contributed by atoms with Gasteiger partial charge in [0.1, 0.15) is 11.5 Å². The first-order chi connectivity index (χ1) is 21.3. The molecule has 4 aliphatic rings. The molecule has 1 N–H and O–H groups in total. The number of rotatable bonds is 5. The van der Waals surface area contributed by atoms with E-state index in [1.807, 2.05) is 66.7 Å². The van der Waals surface area contributed by atoms with Crippen LogP contribution in [0.1, 0.15) is 42.4 Å². The molecular weight excluding hydrogens is 554 g/mol. The van der Waals surface area contributed by atoms with Gasteiger partial charge in [-0.3, -0.25) is 24.1 Å². The number of phenols is 1. The van der Waals surface area contributed by atoms with E-state index in [0.29, 0.717) is 34.4 Å². The third-order valence-electron chi connectivity index (χ3n) is 10.3. The van der Waals surface area contributed by atoms with Crippen molar-refractivity contribution < 1.29 is 29.0 Å². The van der Waals surface area contributed by atoms with Gasteiger partial charge in [-0.05, 0) is 55.0 Å². The number of carbonyl (C=O) groups excluding carboxylic acids is 4. The number of allylic oxidation sites excluding steroid dienone is 4. The summed E-state index contributed by atoms with van der Waals surface area (Å²) in [5, 5.41) is 11.5. The van der Waals surface area contributed by atoms with Crippen molar-refractivity contribution in [3.63, 3.8) is 0 Å². The van der Waals surface area contributed by atoms with Crippen LogP contribution in [0.2, 0.25) is 0 Å². The lowest BCUT2D eigenvalue weighted by atomic mass is 9.44. The zero-order valence-electron chi connectivity index (χ0n) is 24.6. The third-order valence-corrected chi connectivity index (χ3v) is 10.3. The van der Waals surface area contributed by atoms with Crippen LogP contribution < -0.4 is 4.74 Å². The number of methoxy groups -OCH3 is 1. The van der Waals surface area contributed by atoms with E-state index in [9.17, 15) is 24.3 Å². The molecule has 1 saturated carbocycles. The Labute approximate surface area is 255 Å². The Morgan fingerprint density at radius 2 is 1.59 bits per heavy atom. The quantitative estimate of drug-likeness (QED) is 0.324. The summed E-state index contributed by atoms with van der Waals surface area (Å²) in [6.07, 6.45) is 4.02. The van der Waals surface area contributed by atoms with Crippen LogP contribution in [0.25, 0.3) is 5.57 Å². The van der Waals surface area contributed by atoms with E-state index in [4.69, 9.17) is 4.74 Å². The summed E-state index contributed by atoms with van der Waals surface area (Å²) in [6, 6.07) is 23.4. The fourth-order valence-corrected chi connectivity index (χ4v) is 8.57. The standard InChI is InChI=1S/C37H33NO6/c1-3-38-35(42)24-18-17-23-26(31(24)36(38)43)19-27-34(41)25(21-11-6-4-7-12-21)20-30(40)37(27,22-13-8-5-9-14-22)33(23)32-28(39)15-10-16-29(32)44-2/h4-17,20,24,26-27,31,33,39H,3,18-19H2,1-2H3/t24-,26+,27-,31-,33+,37-/m0/s1. The first kappa shape index (κ1) is 28.0. The highest BCUT2D eigenvalue weighted by Gasteiger charge is 2.66. The van der Waals surface area contributed by atoms with Gasteiger partial charge in [0.15, 0.2) is 11.6 Å². The highest BCUT2D eigenvalue weighted by atomic mass is 16.5. The Kier molecular flexibility index (Phi) is 6.65. The largest absolute Gasteiger partial charge is 0.508 e. The number of phenolic OH excluding ortho intramolecular Hbond substituents is 1. The van der Waals surface area contributed by atoms with Gasteiger partial charge in [-0.15, -0.1) is 0 Å². The minimum Gasteiger partial charge on any atom is -0.508 e. The minimum atomic E-state index is -1.42. The fraction of sp³-hybridized carbons (Fsp3) is 0.297. The smallest absolute Gasteiger partial charge is 0.233 e. The van der Waals surface area contributed by atoms with Crippen molar-refractivity contribution in [2.24, 2.45) is 23.7 Å². The molecule has 7 nitrogen and oxygen atoms in total. The molecule has 0 unspecified atom stereocenters. The molecule has 2 fully saturated rings. The molecule has 0 radical (unpaired) electrons. The molecule has 0 aromatic heterocycles. The summed E-state index contributed by atoms with van der Waals surface area (Å²) in [5.74, 6) is -3.88. The van der Waals surface area contributed by atoms with Crippen LogP contribution in [-0.4, -0.2) is 47.0 Å². The zero-order chi connectivity index (χ0) is 30.7. The average Bonchev–Trinajstić information content (AvgIpc) is 3.31. The number of benzene rings is 3. The molecule has 7 rings (SSSR count). The second-order valence-corrected chi connectivity index (χ2v) is 12.1. The molecule has 0 spiro atoms. The van der Waals surface area contributed by atoms with Crippen LogP contribution in [0.15, 0.2) is 96.6 Å². The number of fused-ring (bicyclic) bond motifs is 4. The topological polar surface area (TPSA) is 101 Å². The highest BCUT2D eigenvalue weighted by Crippen LogP contribution is 2.65. The third kappa shape index (κ3) is 3.74. The van der Waals surface area contributed by atoms with E-state index >= 15 is 0 Å². The van der Waals surface area contributed by atoms with Crippen molar-refractivity contribution in [3.05, 3.63) is 113 Å². The number of ether oxygens (including phenoxy) is 1. The lowest BCUT2D eigenvalue weighted by Crippen LogP contribution is -2.58. The van der Waals surface area contributed by atoms with Gasteiger partial charge in [0.2, 0.25) is 11.8 Å². The highest BCUT2D eigenvalue weighted by molar-refractivity contribution is 6.31. The minimum absolute atomic E-state index is 0.0609. The van der Waals surface area contributed by atoms with Crippen LogP contribution in [0.3, 0.4) is 0 Å². The summed E-state index contributed by atoms with van der Waals surface area (Å²) < 4.78 is 5.80. The summed E-state index contributed by atoms with van der Waals surface area (Å²) in [7, 11) is 1.51. The number of likely N-dealkylation sites (tertiary alicyclic amines) is 1. The number of ketones is 2. The predicted molar refractivity (Wildman–Crippen MR) is 164 cm³/mol.